The van der Waals surface area contributed by atoms with E-state index >= 15 is 0 Å². The van der Waals surface area contributed by atoms with Crippen molar-refractivity contribution in [3.05, 3.63) is 46.8 Å². The zero-order valence-electron chi connectivity index (χ0n) is 14.2. The molecular weight excluding hydrogens is 340 g/mol. The third-order valence-corrected chi connectivity index (χ3v) is 4.79. The molecular formula is C18H23ClN4O2. The smallest absolute Gasteiger partial charge is 0.275 e. The minimum atomic E-state index is 0. The Morgan fingerprint density at radius 2 is 2.16 bits per heavy atom. The van der Waals surface area contributed by atoms with Crippen LogP contribution < -0.4 is 10.1 Å². The summed E-state index contributed by atoms with van der Waals surface area (Å²) >= 11 is 0. The number of amides is 1. The number of hydrogen-bond acceptors (Lipinski definition) is 4. The van der Waals surface area contributed by atoms with E-state index < -0.39 is 0 Å². The number of H-pyrrole nitrogens is 1. The van der Waals surface area contributed by atoms with Gasteiger partial charge in [0.15, 0.2) is 5.69 Å². The van der Waals surface area contributed by atoms with Gasteiger partial charge in [-0.15, -0.1) is 12.4 Å². The Hall–Kier alpha value is -2.05. The van der Waals surface area contributed by atoms with Crippen molar-refractivity contribution < 1.29 is 9.53 Å². The van der Waals surface area contributed by atoms with Gasteiger partial charge in [0.25, 0.3) is 5.91 Å². The van der Waals surface area contributed by atoms with Crippen molar-refractivity contribution in [1.29, 1.82) is 0 Å². The number of methoxy groups -OCH3 is 1. The third kappa shape index (κ3) is 3.50. The predicted molar refractivity (Wildman–Crippen MR) is 97.1 cm³/mol. The number of para-hydroxylation sites is 1. The number of aromatic amines is 1. The van der Waals surface area contributed by atoms with Gasteiger partial charge in [0.2, 0.25) is 0 Å². The van der Waals surface area contributed by atoms with Crippen molar-refractivity contribution in [2.45, 2.75) is 38.4 Å². The maximum atomic E-state index is 13.1. The first-order valence-electron chi connectivity index (χ1n) is 8.47. The molecule has 134 valence electrons. The summed E-state index contributed by atoms with van der Waals surface area (Å²) in [6.07, 6.45) is 3.02. The van der Waals surface area contributed by atoms with Gasteiger partial charge in [0.05, 0.1) is 7.11 Å². The maximum Gasteiger partial charge on any atom is 0.275 e. The lowest BCUT2D eigenvalue weighted by Gasteiger charge is -2.23. The molecule has 0 radical (unpaired) electrons. The van der Waals surface area contributed by atoms with Gasteiger partial charge in [-0.3, -0.25) is 9.89 Å². The third-order valence-electron chi connectivity index (χ3n) is 4.79. The second-order valence-corrected chi connectivity index (χ2v) is 6.43. The second kappa shape index (κ2) is 7.45. The van der Waals surface area contributed by atoms with Crippen molar-refractivity contribution in [3.63, 3.8) is 0 Å². The van der Waals surface area contributed by atoms with Crippen LogP contribution in [0.15, 0.2) is 24.3 Å². The lowest BCUT2D eigenvalue weighted by atomic mass is 10.1. The summed E-state index contributed by atoms with van der Waals surface area (Å²) in [7, 11) is 1.66. The number of carbonyl (C=O) groups is 1. The zero-order chi connectivity index (χ0) is 16.5. The maximum absolute atomic E-state index is 13.1. The van der Waals surface area contributed by atoms with Crippen LogP contribution in [0.5, 0.6) is 5.75 Å². The number of benzene rings is 1. The Morgan fingerprint density at radius 3 is 2.92 bits per heavy atom. The van der Waals surface area contributed by atoms with E-state index in [1.165, 1.54) is 0 Å². The molecule has 2 aromatic rings. The van der Waals surface area contributed by atoms with E-state index in [-0.39, 0.29) is 18.3 Å². The summed E-state index contributed by atoms with van der Waals surface area (Å²) in [5, 5.41) is 10.7. The van der Waals surface area contributed by atoms with Gasteiger partial charge in [0.1, 0.15) is 5.75 Å². The summed E-state index contributed by atoms with van der Waals surface area (Å²) in [6, 6.07) is 8.19. The molecule has 7 heteroatoms. The largest absolute Gasteiger partial charge is 0.496 e. The number of rotatable bonds is 5. The lowest BCUT2D eigenvalue weighted by molar-refractivity contribution is 0.0721. The molecule has 0 atom stereocenters. The highest BCUT2D eigenvalue weighted by molar-refractivity contribution is 5.94. The molecule has 2 heterocycles. The SMILES string of the molecule is COc1ccccc1CN(C(=O)c1n[nH]c2c1CNCC2)C1CC1.Cl. The van der Waals surface area contributed by atoms with Crippen molar-refractivity contribution in [3.8, 4) is 5.75 Å². The van der Waals surface area contributed by atoms with E-state index in [4.69, 9.17) is 4.74 Å². The molecule has 1 saturated carbocycles. The molecule has 2 N–H and O–H groups in total. The monoisotopic (exact) mass is 362 g/mol. The number of ether oxygens (including phenoxy) is 1. The highest BCUT2D eigenvalue weighted by Gasteiger charge is 2.36. The highest BCUT2D eigenvalue weighted by Crippen LogP contribution is 2.32. The summed E-state index contributed by atoms with van der Waals surface area (Å²) in [5.41, 5.74) is 3.71. The normalized spacial score (nSPS) is 15.9. The number of carbonyl (C=O) groups excluding carboxylic acids is 1. The predicted octanol–water partition coefficient (Wildman–Crippen LogP) is 2.29. The molecule has 0 spiro atoms. The number of hydrogen-bond donors (Lipinski definition) is 2. The Kier molecular flexibility index (Phi) is 5.30. The Morgan fingerprint density at radius 1 is 1.36 bits per heavy atom. The summed E-state index contributed by atoms with van der Waals surface area (Å²) in [6.45, 7) is 2.19. The van der Waals surface area contributed by atoms with E-state index in [2.05, 4.69) is 15.5 Å². The lowest BCUT2D eigenvalue weighted by Crippen LogP contribution is -2.34. The van der Waals surface area contributed by atoms with Gasteiger partial charge in [-0.05, 0) is 18.9 Å². The molecule has 4 rings (SSSR count). The minimum absolute atomic E-state index is 0. The molecule has 1 aliphatic carbocycles. The average molecular weight is 363 g/mol. The van der Waals surface area contributed by atoms with Crippen LogP contribution in [0.1, 0.15) is 40.2 Å². The number of fused-ring (bicyclic) bond motifs is 1. The Bertz CT molecular complexity index is 757. The Balaban J connectivity index is 0.00000182. The summed E-state index contributed by atoms with van der Waals surface area (Å²) < 4.78 is 5.44. The fourth-order valence-electron chi connectivity index (χ4n) is 3.31. The van der Waals surface area contributed by atoms with E-state index in [9.17, 15) is 4.79 Å². The molecule has 0 bridgehead atoms. The van der Waals surface area contributed by atoms with Crippen molar-refractivity contribution in [2.75, 3.05) is 13.7 Å². The first-order chi connectivity index (χ1) is 11.8. The van der Waals surface area contributed by atoms with Gasteiger partial charge < -0.3 is 15.0 Å². The van der Waals surface area contributed by atoms with Crippen molar-refractivity contribution in [2.24, 2.45) is 0 Å². The van der Waals surface area contributed by atoms with Gasteiger partial charge in [-0.25, -0.2) is 0 Å². The molecule has 25 heavy (non-hydrogen) atoms. The molecule has 6 nitrogen and oxygen atoms in total. The van der Waals surface area contributed by atoms with Gasteiger partial charge >= 0.3 is 0 Å². The van der Waals surface area contributed by atoms with E-state index in [0.29, 0.717) is 24.8 Å². The average Bonchev–Trinajstić information content (AvgIpc) is 3.37. The fourth-order valence-corrected chi connectivity index (χ4v) is 3.31. The van der Waals surface area contributed by atoms with Crippen LogP contribution in [0.4, 0.5) is 0 Å². The van der Waals surface area contributed by atoms with Gasteiger partial charge in [0, 0.05) is 48.9 Å². The van der Waals surface area contributed by atoms with Crippen LogP contribution in [-0.4, -0.2) is 40.7 Å². The van der Waals surface area contributed by atoms with Crippen LogP contribution in [0.25, 0.3) is 0 Å². The van der Waals surface area contributed by atoms with Crippen LogP contribution >= 0.6 is 12.4 Å². The standard InChI is InChI=1S/C18H22N4O2.ClH/c1-24-16-5-3-2-4-12(16)11-22(13-6-7-13)18(23)17-14-10-19-9-8-15(14)20-21-17;/h2-5,13,19H,6-11H2,1H3,(H,20,21);1H. The van der Waals surface area contributed by atoms with E-state index in [1.54, 1.807) is 7.11 Å². The first-order valence-corrected chi connectivity index (χ1v) is 8.47. The number of aromatic nitrogens is 2. The van der Waals surface area contributed by atoms with Crippen LogP contribution in [0, 0.1) is 0 Å². The van der Waals surface area contributed by atoms with E-state index in [0.717, 1.165) is 48.4 Å². The Labute approximate surface area is 153 Å². The van der Waals surface area contributed by atoms with Crippen LogP contribution in [0.2, 0.25) is 0 Å². The molecule has 0 unspecified atom stereocenters. The quantitative estimate of drug-likeness (QED) is 0.856. The molecule has 1 amide bonds. The molecule has 2 aliphatic rings. The van der Waals surface area contributed by atoms with Crippen molar-refractivity contribution in [1.82, 2.24) is 20.4 Å². The zero-order valence-corrected chi connectivity index (χ0v) is 15.1. The minimum Gasteiger partial charge on any atom is -0.496 e. The summed E-state index contributed by atoms with van der Waals surface area (Å²) in [5.74, 6) is 0.839. The van der Waals surface area contributed by atoms with E-state index in [1.807, 2.05) is 29.2 Å². The number of nitrogens with zero attached hydrogens (tertiary/aromatic N) is 2. The van der Waals surface area contributed by atoms with Crippen LogP contribution in [-0.2, 0) is 19.5 Å². The van der Waals surface area contributed by atoms with Gasteiger partial charge in [-0.2, -0.15) is 5.10 Å². The number of nitrogens with one attached hydrogen (secondary N) is 2. The second-order valence-electron chi connectivity index (χ2n) is 6.43. The molecule has 0 saturated heterocycles. The summed E-state index contributed by atoms with van der Waals surface area (Å²) in [4.78, 5) is 15.1. The topological polar surface area (TPSA) is 70.2 Å². The highest BCUT2D eigenvalue weighted by atomic mass is 35.5. The molecule has 1 fully saturated rings. The fraction of sp³-hybridized carbons (Fsp3) is 0.444. The molecule has 1 aromatic carbocycles. The first kappa shape index (κ1) is 17.8. The van der Waals surface area contributed by atoms with Crippen molar-refractivity contribution >= 4 is 18.3 Å². The van der Waals surface area contributed by atoms with Crippen LogP contribution in [0.3, 0.4) is 0 Å². The number of halogens is 1. The molecule has 1 aliphatic heterocycles. The van der Waals surface area contributed by atoms with Gasteiger partial charge in [-0.1, -0.05) is 18.2 Å². The molecule has 1 aromatic heterocycles.